The van der Waals surface area contributed by atoms with Gasteiger partial charge in [0.05, 0.1) is 5.02 Å². The van der Waals surface area contributed by atoms with Gasteiger partial charge in [0.1, 0.15) is 13.2 Å². The molecule has 4 nitrogen and oxygen atoms in total. The zero-order valence-electron chi connectivity index (χ0n) is 12.9. The second-order valence-electron chi connectivity index (χ2n) is 6.09. The first-order valence-corrected chi connectivity index (χ1v) is 8.07. The third-order valence-electron chi connectivity index (χ3n) is 4.41. The number of fused-ring (bicyclic) bond motifs is 1. The van der Waals surface area contributed by atoms with Gasteiger partial charge in [0.25, 0.3) is 0 Å². The van der Waals surface area contributed by atoms with Crippen molar-refractivity contribution < 1.29 is 9.47 Å². The maximum absolute atomic E-state index is 6.31. The fraction of sp³-hybridized carbons (Fsp3) is 0.625. The van der Waals surface area contributed by atoms with Crippen LogP contribution in [0.4, 0.5) is 0 Å². The minimum Gasteiger partial charge on any atom is -0.486 e. The molecule has 1 fully saturated rings. The Kier molecular flexibility index (Phi) is 6.21. The number of benzene rings is 1. The molecule has 1 saturated heterocycles. The molecular weight excluding hydrogens is 323 g/mol. The van der Waals surface area contributed by atoms with E-state index in [9.17, 15) is 0 Å². The van der Waals surface area contributed by atoms with Gasteiger partial charge in [-0.2, -0.15) is 0 Å². The van der Waals surface area contributed by atoms with Crippen LogP contribution >= 0.6 is 24.0 Å². The molecule has 0 spiro atoms. The molecule has 2 unspecified atom stereocenters. The molecule has 0 amide bonds. The number of likely N-dealkylation sites (tertiary alicyclic amines) is 1. The van der Waals surface area contributed by atoms with Crippen LogP contribution in [0, 0.1) is 5.92 Å². The lowest BCUT2D eigenvalue weighted by molar-refractivity contribution is 0.115. The smallest absolute Gasteiger partial charge is 0.179 e. The first-order chi connectivity index (χ1) is 10.2. The largest absolute Gasteiger partial charge is 0.486 e. The maximum atomic E-state index is 6.31. The average Bonchev–Trinajstić information content (AvgIpc) is 2.49. The van der Waals surface area contributed by atoms with Crippen molar-refractivity contribution in [3.05, 3.63) is 22.7 Å². The molecule has 0 aliphatic carbocycles. The van der Waals surface area contributed by atoms with E-state index in [0.29, 0.717) is 36.6 Å². The molecule has 2 atom stereocenters. The van der Waals surface area contributed by atoms with Gasteiger partial charge in [-0.15, -0.1) is 12.4 Å². The Bertz CT molecular complexity index is 513. The van der Waals surface area contributed by atoms with Gasteiger partial charge >= 0.3 is 0 Å². The Labute approximate surface area is 143 Å². The first-order valence-electron chi connectivity index (χ1n) is 7.69. The molecule has 1 aromatic carbocycles. The zero-order valence-corrected chi connectivity index (χ0v) is 14.5. The van der Waals surface area contributed by atoms with Crippen LogP contribution in [0.15, 0.2) is 12.1 Å². The summed E-state index contributed by atoms with van der Waals surface area (Å²) >= 11 is 6.31. The number of hydrogen-bond donors (Lipinski definition) is 1. The molecule has 124 valence electrons. The molecule has 2 heterocycles. The van der Waals surface area contributed by atoms with Crippen LogP contribution in [-0.4, -0.2) is 37.2 Å². The highest BCUT2D eigenvalue weighted by Gasteiger charge is 2.26. The van der Waals surface area contributed by atoms with Crippen molar-refractivity contribution in [2.75, 3.05) is 26.3 Å². The van der Waals surface area contributed by atoms with Gasteiger partial charge in [0.15, 0.2) is 11.5 Å². The van der Waals surface area contributed by atoms with Crippen LogP contribution in [0.25, 0.3) is 0 Å². The molecule has 1 aromatic rings. The van der Waals surface area contributed by atoms with E-state index in [2.05, 4.69) is 11.8 Å². The predicted octanol–water partition coefficient (Wildman–Crippen LogP) is 3.09. The molecule has 2 N–H and O–H groups in total. The van der Waals surface area contributed by atoms with Gasteiger partial charge in [-0.25, -0.2) is 0 Å². The van der Waals surface area contributed by atoms with Crippen molar-refractivity contribution in [3.8, 4) is 11.5 Å². The summed E-state index contributed by atoms with van der Waals surface area (Å²) in [6.45, 7) is 6.12. The fourth-order valence-electron chi connectivity index (χ4n) is 3.24. The van der Waals surface area contributed by atoms with Crippen LogP contribution in [0.2, 0.25) is 5.02 Å². The molecule has 2 aliphatic heterocycles. The third kappa shape index (κ3) is 3.80. The van der Waals surface area contributed by atoms with Crippen molar-refractivity contribution in [2.24, 2.45) is 11.7 Å². The van der Waals surface area contributed by atoms with E-state index in [-0.39, 0.29) is 12.4 Å². The summed E-state index contributed by atoms with van der Waals surface area (Å²) < 4.78 is 11.2. The number of rotatable bonds is 3. The van der Waals surface area contributed by atoms with Crippen molar-refractivity contribution in [1.82, 2.24) is 4.90 Å². The summed E-state index contributed by atoms with van der Waals surface area (Å²) in [5, 5.41) is 0.636. The Morgan fingerprint density at radius 2 is 2.09 bits per heavy atom. The molecule has 6 heteroatoms. The molecule has 0 saturated carbocycles. The normalized spacial score (nSPS) is 24.7. The standard InChI is InChI=1S/C16H23ClN2O2.ClH/c1-11-2-3-19(13(6-11)9-18)10-12-7-14(17)16-15(8-12)20-4-5-21-16;/h7-8,11,13H,2-6,9-10,18H2,1H3;1H. The predicted molar refractivity (Wildman–Crippen MR) is 91.3 cm³/mol. The number of nitrogens with zero attached hydrogens (tertiary/aromatic N) is 1. The summed E-state index contributed by atoms with van der Waals surface area (Å²) in [4.78, 5) is 2.46. The van der Waals surface area contributed by atoms with Gasteiger partial charge in [-0.05, 0) is 43.0 Å². The fourth-order valence-corrected chi connectivity index (χ4v) is 3.53. The lowest BCUT2D eigenvalue weighted by atomic mass is 9.92. The minimum absolute atomic E-state index is 0. The summed E-state index contributed by atoms with van der Waals surface area (Å²) in [7, 11) is 0. The van der Waals surface area contributed by atoms with Crippen molar-refractivity contribution >= 4 is 24.0 Å². The number of ether oxygens (including phenoxy) is 2. The Balaban J connectivity index is 0.00000176. The third-order valence-corrected chi connectivity index (χ3v) is 4.70. The SMILES string of the molecule is CC1CCN(Cc2cc(Cl)c3c(c2)OCCO3)C(CN)C1.Cl. The summed E-state index contributed by atoms with van der Waals surface area (Å²) in [5.41, 5.74) is 7.10. The highest BCUT2D eigenvalue weighted by molar-refractivity contribution is 6.32. The van der Waals surface area contributed by atoms with Gasteiger partial charge in [-0.1, -0.05) is 18.5 Å². The van der Waals surface area contributed by atoms with Crippen molar-refractivity contribution in [1.29, 1.82) is 0 Å². The van der Waals surface area contributed by atoms with Crippen LogP contribution in [-0.2, 0) is 6.54 Å². The molecule has 22 heavy (non-hydrogen) atoms. The van der Waals surface area contributed by atoms with Crippen molar-refractivity contribution in [2.45, 2.75) is 32.4 Å². The first kappa shape index (κ1) is 17.7. The monoisotopic (exact) mass is 346 g/mol. The van der Waals surface area contributed by atoms with Crippen LogP contribution < -0.4 is 15.2 Å². The van der Waals surface area contributed by atoms with E-state index in [1.165, 1.54) is 12.8 Å². The summed E-state index contributed by atoms with van der Waals surface area (Å²) in [6.07, 6.45) is 2.41. The molecule has 0 aromatic heterocycles. The number of hydrogen-bond acceptors (Lipinski definition) is 4. The molecule has 0 bridgehead atoms. The van der Waals surface area contributed by atoms with Crippen molar-refractivity contribution in [3.63, 3.8) is 0 Å². The van der Waals surface area contributed by atoms with E-state index in [1.807, 2.05) is 12.1 Å². The van der Waals surface area contributed by atoms with E-state index in [4.69, 9.17) is 26.8 Å². The lowest BCUT2D eigenvalue weighted by Gasteiger charge is -2.38. The highest BCUT2D eigenvalue weighted by Crippen LogP contribution is 2.39. The van der Waals surface area contributed by atoms with Gasteiger partial charge in [0, 0.05) is 19.1 Å². The lowest BCUT2D eigenvalue weighted by Crippen LogP contribution is -2.45. The Morgan fingerprint density at radius 1 is 1.32 bits per heavy atom. The molecule has 0 radical (unpaired) electrons. The maximum Gasteiger partial charge on any atom is 0.179 e. The van der Waals surface area contributed by atoms with Crippen LogP contribution in [0.5, 0.6) is 11.5 Å². The summed E-state index contributed by atoms with van der Waals surface area (Å²) in [5.74, 6) is 2.20. The van der Waals surface area contributed by atoms with E-state index in [0.717, 1.165) is 30.3 Å². The Hall–Kier alpha value is -0.680. The molecule has 2 aliphatic rings. The number of halogens is 2. The Morgan fingerprint density at radius 3 is 2.86 bits per heavy atom. The van der Waals surface area contributed by atoms with Gasteiger partial charge in [-0.3, -0.25) is 4.90 Å². The molecule has 3 rings (SSSR count). The average molecular weight is 347 g/mol. The number of nitrogens with two attached hydrogens (primary N) is 1. The van der Waals surface area contributed by atoms with Crippen LogP contribution in [0.1, 0.15) is 25.3 Å². The van der Waals surface area contributed by atoms with Crippen LogP contribution in [0.3, 0.4) is 0 Å². The highest BCUT2D eigenvalue weighted by atomic mass is 35.5. The van der Waals surface area contributed by atoms with E-state index >= 15 is 0 Å². The van der Waals surface area contributed by atoms with Gasteiger partial charge in [0.2, 0.25) is 0 Å². The second kappa shape index (κ2) is 7.73. The zero-order chi connectivity index (χ0) is 14.8. The molecular formula is C16H24Cl2N2O2. The van der Waals surface area contributed by atoms with E-state index in [1.54, 1.807) is 0 Å². The summed E-state index contributed by atoms with van der Waals surface area (Å²) in [6, 6.07) is 4.49. The topological polar surface area (TPSA) is 47.7 Å². The quantitative estimate of drug-likeness (QED) is 0.913. The second-order valence-corrected chi connectivity index (χ2v) is 6.50. The number of piperidine rings is 1. The van der Waals surface area contributed by atoms with Gasteiger partial charge < -0.3 is 15.2 Å². The van der Waals surface area contributed by atoms with E-state index < -0.39 is 0 Å². The minimum atomic E-state index is 0.